The Morgan fingerprint density at radius 3 is 2.71 bits per heavy atom. The first-order valence-electron chi connectivity index (χ1n) is 11.2. The quantitative estimate of drug-likeness (QED) is 0.479. The first-order chi connectivity index (χ1) is 15.0. The topological polar surface area (TPSA) is 51.5 Å². The van der Waals surface area contributed by atoms with Crippen LogP contribution < -0.4 is 10.1 Å². The van der Waals surface area contributed by atoms with E-state index in [1.807, 2.05) is 51.1 Å². The largest absolute Gasteiger partial charge is 0.493 e. The van der Waals surface area contributed by atoms with Crippen molar-refractivity contribution in [3.8, 4) is 5.75 Å². The van der Waals surface area contributed by atoms with Crippen LogP contribution in [0.2, 0.25) is 0 Å². The van der Waals surface area contributed by atoms with Gasteiger partial charge >= 0.3 is 0 Å². The van der Waals surface area contributed by atoms with E-state index in [-0.39, 0.29) is 11.9 Å². The highest BCUT2D eigenvalue weighted by Gasteiger charge is 2.23. The minimum Gasteiger partial charge on any atom is -0.493 e. The van der Waals surface area contributed by atoms with Crippen molar-refractivity contribution in [2.24, 2.45) is 0 Å². The van der Waals surface area contributed by atoms with Crippen molar-refractivity contribution in [3.05, 3.63) is 70.5 Å². The number of furan rings is 1. The maximum absolute atomic E-state index is 12.8. The highest BCUT2D eigenvalue weighted by atomic mass is 16.5. The highest BCUT2D eigenvalue weighted by molar-refractivity contribution is 5.98. The van der Waals surface area contributed by atoms with E-state index in [2.05, 4.69) is 18.3 Å². The van der Waals surface area contributed by atoms with Crippen LogP contribution in [0.4, 0.5) is 0 Å². The number of hydrogen-bond acceptors (Lipinski definition) is 3. The zero-order valence-corrected chi connectivity index (χ0v) is 18.9. The van der Waals surface area contributed by atoms with Crippen molar-refractivity contribution in [1.29, 1.82) is 0 Å². The average molecular weight is 418 g/mol. The molecule has 0 saturated heterocycles. The van der Waals surface area contributed by atoms with Crippen LogP contribution in [0.3, 0.4) is 0 Å². The van der Waals surface area contributed by atoms with Gasteiger partial charge in [-0.2, -0.15) is 0 Å². The number of carbonyl (C=O) groups excluding carboxylic acids is 1. The molecule has 162 valence electrons. The minimum absolute atomic E-state index is 0.0609. The fraction of sp³-hybridized carbons (Fsp3) is 0.370. The monoisotopic (exact) mass is 417 g/mol. The zero-order valence-electron chi connectivity index (χ0n) is 18.9. The van der Waals surface area contributed by atoms with Gasteiger partial charge in [-0.05, 0) is 64.2 Å². The maximum Gasteiger partial charge on any atom is 0.244 e. The number of carbonyl (C=O) groups is 1. The molecule has 4 rings (SSSR count). The number of allylic oxidation sites excluding steroid dienone is 1. The fourth-order valence-electron chi connectivity index (χ4n) is 4.51. The normalized spacial score (nSPS) is 14.9. The van der Waals surface area contributed by atoms with Gasteiger partial charge in [0, 0.05) is 34.6 Å². The highest BCUT2D eigenvalue weighted by Crippen LogP contribution is 2.41. The molecule has 0 saturated carbocycles. The summed E-state index contributed by atoms with van der Waals surface area (Å²) in [7, 11) is 0. The predicted octanol–water partition coefficient (Wildman–Crippen LogP) is 6.30. The molecule has 0 aliphatic heterocycles. The third-order valence-electron chi connectivity index (χ3n) is 6.15. The van der Waals surface area contributed by atoms with Crippen molar-refractivity contribution in [3.63, 3.8) is 0 Å². The van der Waals surface area contributed by atoms with Crippen LogP contribution in [0.25, 0.3) is 16.5 Å². The van der Waals surface area contributed by atoms with Gasteiger partial charge in [0.2, 0.25) is 5.91 Å². The zero-order chi connectivity index (χ0) is 22.0. The van der Waals surface area contributed by atoms with Gasteiger partial charge in [-0.15, -0.1) is 0 Å². The third kappa shape index (κ3) is 4.25. The second-order valence-corrected chi connectivity index (χ2v) is 8.37. The summed E-state index contributed by atoms with van der Waals surface area (Å²) in [6.07, 6.45) is 6.09. The Balaban J connectivity index is 1.69. The van der Waals surface area contributed by atoms with Crippen molar-refractivity contribution in [2.45, 2.75) is 59.4 Å². The lowest BCUT2D eigenvalue weighted by Gasteiger charge is -2.16. The second kappa shape index (κ2) is 9.01. The van der Waals surface area contributed by atoms with Gasteiger partial charge < -0.3 is 14.5 Å². The number of ether oxygens (including phenoxy) is 1. The van der Waals surface area contributed by atoms with E-state index in [4.69, 9.17) is 9.15 Å². The van der Waals surface area contributed by atoms with E-state index in [0.29, 0.717) is 6.61 Å². The Kier molecular flexibility index (Phi) is 6.17. The molecule has 1 unspecified atom stereocenters. The van der Waals surface area contributed by atoms with Gasteiger partial charge in [0.05, 0.1) is 12.6 Å². The predicted molar refractivity (Wildman–Crippen MR) is 125 cm³/mol. The molecule has 0 fully saturated rings. The van der Waals surface area contributed by atoms with E-state index >= 15 is 0 Å². The number of rotatable bonds is 6. The molecule has 1 aromatic heterocycles. The first-order valence-corrected chi connectivity index (χ1v) is 11.2. The minimum atomic E-state index is -0.108. The Labute approximate surface area is 184 Å². The number of benzene rings is 2. The van der Waals surface area contributed by atoms with Gasteiger partial charge in [0.25, 0.3) is 0 Å². The molecule has 3 aromatic rings. The molecule has 0 radical (unpaired) electrons. The summed E-state index contributed by atoms with van der Waals surface area (Å²) < 4.78 is 12.3. The summed E-state index contributed by atoms with van der Waals surface area (Å²) in [5.74, 6) is 1.81. The molecule has 31 heavy (non-hydrogen) atoms. The number of nitrogens with one attached hydrogen (secondary N) is 1. The maximum atomic E-state index is 12.8. The molecule has 1 heterocycles. The average Bonchev–Trinajstić information content (AvgIpc) is 3.15. The van der Waals surface area contributed by atoms with Crippen LogP contribution in [0, 0.1) is 6.92 Å². The molecular formula is C27H31NO3. The van der Waals surface area contributed by atoms with E-state index in [1.54, 1.807) is 6.08 Å². The summed E-state index contributed by atoms with van der Waals surface area (Å²) in [5.41, 5.74) is 6.19. The van der Waals surface area contributed by atoms with Crippen molar-refractivity contribution in [2.75, 3.05) is 6.61 Å². The Morgan fingerprint density at radius 1 is 1.23 bits per heavy atom. The molecule has 4 nitrogen and oxygen atoms in total. The molecular weight excluding hydrogens is 386 g/mol. The number of hydrogen-bond donors (Lipinski definition) is 1. The molecule has 1 aliphatic rings. The molecule has 0 bridgehead atoms. The van der Waals surface area contributed by atoms with E-state index in [1.165, 1.54) is 18.4 Å². The van der Waals surface area contributed by atoms with Gasteiger partial charge in [-0.25, -0.2) is 0 Å². The lowest BCUT2D eigenvalue weighted by Crippen LogP contribution is -2.24. The lowest BCUT2D eigenvalue weighted by atomic mass is 9.93. The first kappa shape index (κ1) is 21.2. The number of amides is 1. The standard InChI is InChI=1S/C27H31NO3/c1-5-30-26-18(3)27-23(21-13-9-10-14-24(21)31-27)16-22(26)17(2)15-25(29)28-19(4)20-11-7-6-8-12-20/h6-8,11-12,15-16,19H,5,9-10,13-14H2,1-4H3,(H,28,29)/b17-15+. The Hall–Kier alpha value is -3.01. The summed E-state index contributed by atoms with van der Waals surface area (Å²) in [4.78, 5) is 12.8. The van der Waals surface area contributed by atoms with E-state index in [9.17, 15) is 4.79 Å². The van der Waals surface area contributed by atoms with Crippen LogP contribution in [0.15, 0.2) is 46.9 Å². The molecule has 4 heteroatoms. The number of fused-ring (bicyclic) bond motifs is 3. The van der Waals surface area contributed by atoms with Gasteiger partial charge in [-0.3, -0.25) is 4.79 Å². The summed E-state index contributed by atoms with van der Waals surface area (Å²) in [6, 6.07) is 12.1. The molecule has 0 spiro atoms. The Bertz CT molecular complexity index is 1120. The van der Waals surface area contributed by atoms with Crippen LogP contribution >= 0.6 is 0 Å². The van der Waals surface area contributed by atoms with Crippen LogP contribution in [-0.2, 0) is 17.6 Å². The van der Waals surface area contributed by atoms with Crippen molar-refractivity contribution < 1.29 is 13.9 Å². The van der Waals surface area contributed by atoms with E-state index in [0.717, 1.165) is 57.6 Å². The van der Waals surface area contributed by atoms with Crippen LogP contribution in [-0.4, -0.2) is 12.5 Å². The van der Waals surface area contributed by atoms with E-state index < -0.39 is 0 Å². The molecule has 1 amide bonds. The molecule has 1 N–H and O–H groups in total. The Morgan fingerprint density at radius 2 is 1.97 bits per heavy atom. The summed E-state index contributed by atoms with van der Waals surface area (Å²) >= 11 is 0. The van der Waals surface area contributed by atoms with Gasteiger partial charge in [0.15, 0.2) is 0 Å². The smallest absolute Gasteiger partial charge is 0.244 e. The molecule has 1 aliphatic carbocycles. The summed E-state index contributed by atoms with van der Waals surface area (Å²) in [5, 5.41) is 4.23. The lowest BCUT2D eigenvalue weighted by molar-refractivity contribution is -0.117. The molecule has 2 aromatic carbocycles. The summed E-state index contributed by atoms with van der Waals surface area (Å²) in [6.45, 7) is 8.56. The molecule has 1 atom stereocenters. The SMILES string of the molecule is CCOc1c(/C(C)=C/C(=O)NC(C)c2ccccc2)cc2c3c(oc2c1C)CCCC3. The van der Waals surface area contributed by atoms with Gasteiger partial charge in [-0.1, -0.05) is 30.3 Å². The van der Waals surface area contributed by atoms with Crippen LogP contribution in [0.1, 0.15) is 67.7 Å². The van der Waals surface area contributed by atoms with Crippen molar-refractivity contribution >= 4 is 22.4 Å². The second-order valence-electron chi connectivity index (χ2n) is 8.37. The number of aryl methyl sites for hydroxylation is 3. The van der Waals surface area contributed by atoms with Crippen molar-refractivity contribution in [1.82, 2.24) is 5.32 Å². The van der Waals surface area contributed by atoms with Gasteiger partial charge in [0.1, 0.15) is 17.1 Å². The van der Waals surface area contributed by atoms with Crippen LogP contribution in [0.5, 0.6) is 5.75 Å². The fourth-order valence-corrected chi connectivity index (χ4v) is 4.51. The third-order valence-corrected chi connectivity index (χ3v) is 6.15.